The molecule has 2 fully saturated rings. The molecule has 2 aromatic rings. The molecule has 0 saturated carbocycles. The van der Waals surface area contributed by atoms with Crippen LogP contribution in [0.2, 0.25) is 0 Å². The van der Waals surface area contributed by atoms with Crippen molar-refractivity contribution in [1.82, 2.24) is 8.61 Å². The first kappa shape index (κ1) is 22.3. The van der Waals surface area contributed by atoms with Crippen LogP contribution in [-0.2, 0) is 26.6 Å². The lowest BCUT2D eigenvalue weighted by molar-refractivity contribution is 0.466. The lowest BCUT2D eigenvalue weighted by atomic mass is 10.1. The fourth-order valence-electron chi connectivity index (χ4n) is 4.28. The molecule has 0 aliphatic carbocycles. The summed E-state index contributed by atoms with van der Waals surface area (Å²) in [5.41, 5.74) is 2.04. The second-order valence-corrected chi connectivity index (χ2v) is 12.1. The minimum Gasteiger partial charge on any atom is -0.371 e. The van der Waals surface area contributed by atoms with Crippen LogP contribution < -0.4 is 4.90 Å². The summed E-state index contributed by atoms with van der Waals surface area (Å²) in [7, 11) is -5.76. The van der Waals surface area contributed by atoms with Crippen LogP contribution in [0.25, 0.3) is 0 Å². The maximum atomic E-state index is 13.1. The highest BCUT2D eigenvalue weighted by molar-refractivity contribution is 7.89. The van der Waals surface area contributed by atoms with Gasteiger partial charge in [-0.25, -0.2) is 16.8 Å². The third kappa shape index (κ3) is 4.50. The van der Waals surface area contributed by atoms with Gasteiger partial charge in [-0.1, -0.05) is 18.2 Å². The minimum atomic E-state index is -3.75. The molecule has 0 unspecified atom stereocenters. The Labute approximate surface area is 185 Å². The van der Waals surface area contributed by atoms with Crippen LogP contribution in [0.1, 0.15) is 31.2 Å². The molecule has 0 aromatic heterocycles. The molecule has 2 heterocycles. The van der Waals surface area contributed by atoms with Gasteiger partial charge in [0.15, 0.2) is 0 Å². The van der Waals surface area contributed by atoms with Crippen molar-refractivity contribution >= 4 is 25.7 Å². The van der Waals surface area contributed by atoms with E-state index in [1.807, 2.05) is 24.3 Å². The van der Waals surface area contributed by atoms with Crippen LogP contribution in [0.5, 0.6) is 0 Å². The van der Waals surface area contributed by atoms with Gasteiger partial charge in [0, 0.05) is 45.5 Å². The van der Waals surface area contributed by atoms with Gasteiger partial charge in [-0.3, -0.25) is 0 Å². The molecule has 7 nitrogen and oxygen atoms in total. The third-order valence-electron chi connectivity index (χ3n) is 6.07. The second kappa shape index (κ2) is 8.90. The normalized spacial score (nSPS) is 18.2. The molecule has 2 aliphatic heterocycles. The predicted molar refractivity (Wildman–Crippen MR) is 121 cm³/mol. The van der Waals surface area contributed by atoms with Crippen molar-refractivity contribution in [3.63, 3.8) is 0 Å². The Morgan fingerprint density at radius 2 is 1.32 bits per heavy atom. The molecule has 0 amide bonds. The van der Waals surface area contributed by atoms with Gasteiger partial charge >= 0.3 is 0 Å². The lowest BCUT2D eigenvalue weighted by Gasteiger charge is -2.24. The molecule has 0 radical (unpaired) electrons. The van der Waals surface area contributed by atoms with Crippen LogP contribution in [0.15, 0.2) is 58.3 Å². The highest BCUT2D eigenvalue weighted by atomic mass is 32.2. The SMILES string of the molecule is CN(Cc1ccccc1N1CCCC1)S(=O)(=O)c1ccc(S(=O)(=O)N2CCCC2)cc1. The van der Waals surface area contributed by atoms with Gasteiger partial charge in [-0.2, -0.15) is 8.61 Å². The topological polar surface area (TPSA) is 78.0 Å². The standard InChI is InChI=1S/C22H29N3O4S2/c1-23(18-19-8-2-3-9-22(19)24-14-4-5-15-24)30(26,27)20-10-12-21(13-11-20)31(28,29)25-16-6-7-17-25/h2-3,8-13H,4-7,14-18H2,1H3. The zero-order valence-corrected chi connectivity index (χ0v) is 19.4. The number of hydrogen-bond donors (Lipinski definition) is 0. The first-order chi connectivity index (χ1) is 14.8. The summed E-state index contributed by atoms with van der Waals surface area (Å²) < 4.78 is 54.4. The zero-order valence-electron chi connectivity index (χ0n) is 17.8. The van der Waals surface area contributed by atoms with Crippen molar-refractivity contribution in [2.45, 2.75) is 42.0 Å². The second-order valence-electron chi connectivity index (χ2n) is 8.17. The highest BCUT2D eigenvalue weighted by Crippen LogP contribution is 2.28. The Morgan fingerprint density at radius 1 is 0.774 bits per heavy atom. The number of nitrogens with zero attached hydrogens (tertiary/aromatic N) is 3. The summed E-state index contributed by atoms with van der Waals surface area (Å²) in [5.74, 6) is 0. The predicted octanol–water partition coefficient (Wildman–Crippen LogP) is 2.89. The van der Waals surface area contributed by atoms with E-state index in [9.17, 15) is 16.8 Å². The van der Waals surface area contributed by atoms with Crippen molar-refractivity contribution in [1.29, 1.82) is 0 Å². The number of benzene rings is 2. The van der Waals surface area contributed by atoms with E-state index in [0.29, 0.717) is 13.1 Å². The van der Waals surface area contributed by atoms with Gasteiger partial charge < -0.3 is 4.90 Å². The molecule has 0 N–H and O–H groups in total. The van der Waals surface area contributed by atoms with E-state index in [1.165, 1.54) is 32.9 Å². The fourth-order valence-corrected chi connectivity index (χ4v) is 6.94. The summed E-state index contributed by atoms with van der Waals surface area (Å²) in [4.78, 5) is 2.53. The maximum absolute atomic E-state index is 13.1. The molecule has 2 saturated heterocycles. The van der Waals surface area contributed by atoms with Crippen LogP contribution in [0, 0.1) is 0 Å². The highest BCUT2D eigenvalue weighted by Gasteiger charge is 2.28. The Kier molecular flexibility index (Phi) is 6.39. The van der Waals surface area contributed by atoms with E-state index in [2.05, 4.69) is 4.90 Å². The van der Waals surface area contributed by atoms with Crippen molar-refractivity contribution in [3.8, 4) is 0 Å². The van der Waals surface area contributed by atoms with Gasteiger partial charge in [-0.15, -0.1) is 0 Å². The molecular weight excluding hydrogens is 434 g/mol. The smallest absolute Gasteiger partial charge is 0.243 e. The average Bonchev–Trinajstić information content (AvgIpc) is 3.49. The summed E-state index contributed by atoms with van der Waals surface area (Å²) in [5, 5.41) is 0. The number of hydrogen-bond acceptors (Lipinski definition) is 5. The molecule has 4 rings (SSSR count). The summed E-state index contributed by atoms with van der Waals surface area (Å²) in [6, 6.07) is 13.5. The Balaban J connectivity index is 1.53. The Morgan fingerprint density at radius 3 is 1.97 bits per heavy atom. The van der Waals surface area contributed by atoms with Crippen molar-refractivity contribution in [2.75, 3.05) is 38.1 Å². The molecule has 2 aromatic carbocycles. The van der Waals surface area contributed by atoms with Crippen LogP contribution >= 0.6 is 0 Å². The maximum Gasteiger partial charge on any atom is 0.243 e. The Bertz CT molecular complexity index is 1120. The van der Waals surface area contributed by atoms with Crippen LogP contribution in [-0.4, -0.2) is 58.7 Å². The molecule has 2 aliphatic rings. The number of sulfonamides is 2. The molecule has 9 heteroatoms. The molecule has 31 heavy (non-hydrogen) atoms. The van der Waals surface area contributed by atoms with Gasteiger partial charge in [0.05, 0.1) is 9.79 Å². The van der Waals surface area contributed by atoms with E-state index in [0.717, 1.165) is 50.0 Å². The largest absolute Gasteiger partial charge is 0.371 e. The molecule has 0 atom stereocenters. The summed E-state index contributed by atoms with van der Waals surface area (Å²) in [6.45, 7) is 3.26. The average molecular weight is 464 g/mol. The minimum absolute atomic E-state index is 0.0917. The van der Waals surface area contributed by atoms with Crippen molar-refractivity contribution in [2.24, 2.45) is 0 Å². The quantitative estimate of drug-likeness (QED) is 0.631. The van der Waals surface area contributed by atoms with E-state index in [4.69, 9.17) is 0 Å². The van der Waals surface area contributed by atoms with E-state index >= 15 is 0 Å². The first-order valence-electron chi connectivity index (χ1n) is 10.7. The molecule has 168 valence electrons. The number of para-hydroxylation sites is 1. The van der Waals surface area contributed by atoms with Gasteiger partial charge in [0.25, 0.3) is 0 Å². The summed E-state index contributed by atoms with van der Waals surface area (Å²) in [6.07, 6.45) is 4.01. The monoisotopic (exact) mass is 463 g/mol. The number of rotatable bonds is 7. The van der Waals surface area contributed by atoms with E-state index in [-0.39, 0.29) is 16.3 Å². The Hall–Kier alpha value is -1.94. The van der Waals surface area contributed by atoms with Crippen LogP contribution in [0.3, 0.4) is 0 Å². The first-order valence-corrected chi connectivity index (χ1v) is 13.6. The van der Waals surface area contributed by atoms with Gasteiger partial charge in [-0.05, 0) is 61.6 Å². The van der Waals surface area contributed by atoms with Gasteiger partial charge in [0.2, 0.25) is 20.0 Å². The lowest BCUT2D eigenvalue weighted by Crippen LogP contribution is -2.29. The fraction of sp³-hybridized carbons (Fsp3) is 0.455. The summed E-state index contributed by atoms with van der Waals surface area (Å²) >= 11 is 0. The van der Waals surface area contributed by atoms with Gasteiger partial charge in [0.1, 0.15) is 0 Å². The van der Waals surface area contributed by atoms with Crippen molar-refractivity contribution in [3.05, 3.63) is 54.1 Å². The molecular formula is C22H29N3O4S2. The van der Waals surface area contributed by atoms with E-state index in [1.54, 1.807) is 7.05 Å². The van der Waals surface area contributed by atoms with Crippen LogP contribution in [0.4, 0.5) is 5.69 Å². The molecule has 0 bridgehead atoms. The zero-order chi connectivity index (χ0) is 22.1. The number of anilines is 1. The van der Waals surface area contributed by atoms with E-state index < -0.39 is 20.0 Å². The molecule has 0 spiro atoms. The van der Waals surface area contributed by atoms with Crippen molar-refractivity contribution < 1.29 is 16.8 Å². The third-order valence-corrected chi connectivity index (χ3v) is 9.80.